The third-order valence-corrected chi connectivity index (χ3v) is 6.57. The number of aryl methyl sites for hydroxylation is 1. The van der Waals surface area contributed by atoms with Crippen LogP contribution in [0.3, 0.4) is 0 Å². The van der Waals surface area contributed by atoms with Gasteiger partial charge in [-0.1, -0.05) is 37.3 Å². The first-order valence-electron chi connectivity index (χ1n) is 12.1. The van der Waals surface area contributed by atoms with Crippen LogP contribution in [0.15, 0.2) is 30.4 Å². The third-order valence-electron chi connectivity index (χ3n) is 6.57. The van der Waals surface area contributed by atoms with Gasteiger partial charge in [-0.3, -0.25) is 4.79 Å². The minimum atomic E-state index is -0.593. The van der Waals surface area contributed by atoms with Gasteiger partial charge in [0.15, 0.2) is 0 Å². The molecule has 180 valence electrons. The van der Waals surface area contributed by atoms with Gasteiger partial charge in [-0.05, 0) is 52.0 Å². The second-order valence-corrected chi connectivity index (χ2v) is 10.5. The molecule has 0 radical (unpaired) electrons. The molecule has 5 nitrogen and oxygen atoms in total. The lowest BCUT2D eigenvalue weighted by Crippen LogP contribution is -2.40. The lowest BCUT2D eigenvalue weighted by Gasteiger charge is -2.20. The molecule has 1 fully saturated rings. The van der Waals surface area contributed by atoms with E-state index >= 15 is 0 Å². The second-order valence-electron chi connectivity index (χ2n) is 10.5. The van der Waals surface area contributed by atoms with Gasteiger partial charge >= 0.3 is 0 Å². The maximum absolute atomic E-state index is 12.1. The Bertz CT molecular complexity index is 920. The number of hydrogen-bond acceptors (Lipinski definition) is 4. The van der Waals surface area contributed by atoms with E-state index < -0.39 is 12.2 Å². The van der Waals surface area contributed by atoms with Gasteiger partial charge in [-0.15, -0.1) is 11.8 Å². The number of carbonyl (C=O) groups excluding carboxylic acids is 1. The summed E-state index contributed by atoms with van der Waals surface area (Å²) in [6.45, 7) is 9.74. The van der Waals surface area contributed by atoms with Crippen molar-refractivity contribution < 1.29 is 19.7 Å². The van der Waals surface area contributed by atoms with E-state index in [1.54, 1.807) is 6.92 Å². The van der Waals surface area contributed by atoms with E-state index in [0.29, 0.717) is 19.3 Å². The molecule has 1 amide bonds. The Hall–Kier alpha value is -2.29. The molecule has 0 bridgehead atoms. The zero-order valence-corrected chi connectivity index (χ0v) is 20.6. The molecule has 1 heterocycles. The van der Waals surface area contributed by atoms with E-state index in [4.69, 9.17) is 4.74 Å². The Morgan fingerprint density at radius 1 is 1.36 bits per heavy atom. The molecule has 0 aromatic heterocycles. The SMILES string of the molecule is CC#CC[C@H](C)[C@H](O)C=C[C@@H]1[C@H]2c3cccc(CCCC(=O)NC(C)(C)C)c3O[C@H]2C[C@H]1O. The molecule has 1 aromatic carbocycles. The number of amides is 1. The van der Waals surface area contributed by atoms with Gasteiger partial charge in [0.05, 0.1) is 12.2 Å². The average Bonchev–Trinajstić information content (AvgIpc) is 3.24. The van der Waals surface area contributed by atoms with Crippen LogP contribution in [0.1, 0.15) is 77.3 Å². The number of para-hydroxylation sites is 1. The molecule has 1 saturated carbocycles. The Labute approximate surface area is 198 Å². The molecule has 33 heavy (non-hydrogen) atoms. The summed E-state index contributed by atoms with van der Waals surface area (Å²) in [4.78, 5) is 12.1. The Morgan fingerprint density at radius 2 is 2.12 bits per heavy atom. The van der Waals surface area contributed by atoms with Crippen LogP contribution in [-0.2, 0) is 11.2 Å². The van der Waals surface area contributed by atoms with Gasteiger partial charge in [-0.2, -0.15) is 0 Å². The van der Waals surface area contributed by atoms with Crippen molar-refractivity contribution in [3.8, 4) is 17.6 Å². The van der Waals surface area contributed by atoms with Crippen molar-refractivity contribution in [2.75, 3.05) is 0 Å². The maximum atomic E-state index is 12.1. The summed E-state index contributed by atoms with van der Waals surface area (Å²) < 4.78 is 6.33. The molecule has 1 aromatic rings. The summed E-state index contributed by atoms with van der Waals surface area (Å²) in [6.07, 6.45) is 5.87. The Balaban J connectivity index is 1.68. The number of benzene rings is 1. The normalized spacial score (nSPS) is 25.5. The van der Waals surface area contributed by atoms with E-state index in [1.165, 1.54) is 0 Å². The first kappa shape index (κ1) is 25.3. The maximum Gasteiger partial charge on any atom is 0.220 e. The lowest BCUT2D eigenvalue weighted by molar-refractivity contribution is -0.122. The number of ether oxygens (including phenoxy) is 1. The van der Waals surface area contributed by atoms with Crippen molar-refractivity contribution in [1.29, 1.82) is 0 Å². The number of carbonyl (C=O) groups is 1. The van der Waals surface area contributed by atoms with Crippen LogP contribution < -0.4 is 10.1 Å². The summed E-state index contributed by atoms with van der Waals surface area (Å²) in [5.74, 6) is 6.90. The smallest absolute Gasteiger partial charge is 0.220 e. The van der Waals surface area contributed by atoms with Crippen LogP contribution >= 0.6 is 0 Å². The summed E-state index contributed by atoms with van der Waals surface area (Å²) in [5, 5.41) is 24.2. The van der Waals surface area contributed by atoms with Crippen LogP contribution in [0.25, 0.3) is 0 Å². The molecule has 0 saturated heterocycles. The predicted molar refractivity (Wildman–Crippen MR) is 131 cm³/mol. The number of nitrogens with one attached hydrogen (secondary N) is 1. The average molecular weight is 454 g/mol. The highest BCUT2D eigenvalue weighted by atomic mass is 16.5. The van der Waals surface area contributed by atoms with E-state index in [-0.39, 0.29) is 35.3 Å². The van der Waals surface area contributed by atoms with Gasteiger partial charge in [0.2, 0.25) is 5.91 Å². The van der Waals surface area contributed by atoms with Crippen molar-refractivity contribution in [3.63, 3.8) is 0 Å². The van der Waals surface area contributed by atoms with Crippen LogP contribution in [-0.4, -0.2) is 40.0 Å². The Morgan fingerprint density at radius 3 is 2.82 bits per heavy atom. The van der Waals surface area contributed by atoms with Gasteiger partial charge in [0.1, 0.15) is 11.9 Å². The van der Waals surface area contributed by atoms with Crippen molar-refractivity contribution in [2.24, 2.45) is 11.8 Å². The van der Waals surface area contributed by atoms with Crippen LogP contribution in [0, 0.1) is 23.7 Å². The number of aliphatic hydroxyl groups excluding tert-OH is 2. The monoisotopic (exact) mass is 453 g/mol. The predicted octanol–water partition coefficient (Wildman–Crippen LogP) is 4.12. The van der Waals surface area contributed by atoms with Crippen LogP contribution in [0.4, 0.5) is 0 Å². The second kappa shape index (κ2) is 10.8. The summed E-state index contributed by atoms with van der Waals surface area (Å²) >= 11 is 0. The highest BCUT2D eigenvalue weighted by Crippen LogP contribution is 2.52. The zero-order valence-electron chi connectivity index (χ0n) is 20.6. The van der Waals surface area contributed by atoms with Crippen molar-refractivity contribution in [2.45, 2.75) is 96.5 Å². The topological polar surface area (TPSA) is 78.8 Å². The van der Waals surface area contributed by atoms with Gasteiger partial charge in [0.25, 0.3) is 0 Å². The van der Waals surface area contributed by atoms with E-state index in [2.05, 4.69) is 29.3 Å². The summed E-state index contributed by atoms with van der Waals surface area (Å²) in [5.41, 5.74) is 2.03. The van der Waals surface area contributed by atoms with E-state index in [0.717, 1.165) is 29.7 Å². The number of hydrogen-bond donors (Lipinski definition) is 3. The van der Waals surface area contributed by atoms with E-state index in [9.17, 15) is 15.0 Å². The van der Waals surface area contributed by atoms with Gasteiger partial charge in [-0.25, -0.2) is 0 Å². The molecule has 3 rings (SSSR count). The number of rotatable bonds is 8. The Kier molecular flexibility index (Phi) is 8.26. The third kappa shape index (κ3) is 6.40. The number of aliphatic hydroxyl groups is 2. The quantitative estimate of drug-likeness (QED) is 0.409. The van der Waals surface area contributed by atoms with Gasteiger partial charge in [0, 0.05) is 42.2 Å². The summed E-state index contributed by atoms with van der Waals surface area (Å²) in [7, 11) is 0. The first-order chi connectivity index (χ1) is 15.6. The molecule has 5 heteroatoms. The molecule has 2 aliphatic rings. The van der Waals surface area contributed by atoms with Crippen molar-refractivity contribution in [1.82, 2.24) is 5.32 Å². The van der Waals surface area contributed by atoms with Crippen LogP contribution in [0.5, 0.6) is 5.75 Å². The minimum Gasteiger partial charge on any atom is -0.489 e. The molecular weight excluding hydrogens is 414 g/mol. The molecule has 1 aliphatic carbocycles. The highest BCUT2D eigenvalue weighted by molar-refractivity contribution is 5.76. The molecule has 6 atom stereocenters. The molecular formula is C28H39NO4. The molecule has 3 N–H and O–H groups in total. The lowest BCUT2D eigenvalue weighted by atomic mass is 9.86. The fourth-order valence-corrected chi connectivity index (χ4v) is 4.90. The van der Waals surface area contributed by atoms with Crippen LogP contribution in [0.2, 0.25) is 0 Å². The molecule has 0 unspecified atom stereocenters. The van der Waals surface area contributed by atoms with Crippen molar-refractivity contribution in [3.05, 3.63) is 41.5 Å². The fraction of sp³-hybridized carbons (Fsp3) is 0.607. The fourth-order valence-electron chi connectivity index (χ4n) is 4.90. The minimum absolute atomic E-state index is 0.0391. The highest BCUT2D eigenvalue weighted by Gasteiger charge is 2.48. The molecule has 1 aliphatic heterocycles. The van der Waals surface area contributed by atoms with E-state index in [1.807, 2.05) is 45.9 Å². The largest absolute Gasteiger partial charge is 0.489 e. The standard InChI is InChI=1S/C28H39NO4/c1-6-7-10-18(2)22(30)16-15-20-23(31)17-24-26(20)21-13-8-11-19(27(21)33-24)12-9-14-25(32)29-28(3,4)5/h8,11,13,15-16,18,20,22-24,26,30-31H,9-10,12,14,17H2,1-5H3,(H,29,32)/t18-,20-,22+,23+,24-,26-/m0/s1. The zero-order chi connectivity index (χ0) is 24.2. The summed E-state index contributed by atoms with van der Waals surface area (Å²) in [6, 6.07) is 6.20. The van der Waals surface area contributed by atoms with Crippen molar-refractivity contribution >= 4 is 5.91 Å². The molecule has 0 spiro atoms. The number of fused-ring (bicyclic) bond motifs is 3. The first-order valence-corrected chi connectivity index (χ1v) is 12.1. The van der Waals surface area contributed by atoms with Gasteiger partial charge < -0.3 is 20.3 Å².